The summed E-state index contributed by atoms with van der Waals surface area (Å²) in [5.41, 5.74) is 0.166. The Morgan fingerprint density at radius 3 is 2.00 bits per heavy atom. The lowest BCUT2D eigenvalue weighted by Gasteiger charge is -2.72. The minimum Gasteiger partial charge on any atom is -0.481 e. The Morgan fingerprint density at radius 2 is 1.41 bits per heavy atom. The smallest absolute Gasteiger partial charge is 0.309 e. The molecule has 12 atom stereocenters. The van der Waals surface area contributed by atoms with Crippen LogP contribution in [0.1, 0.15) is 126 Å². The highest BCUT2D eigenvalue weighted by Crippen LogP contribution is 2.77. The summed E-state index contributed by atoms with van der Waals surface area (Å²) in [4.78, 5) is 38.1. The summed E-state index contributed by atoms with van der Waals surface area (Å²) in [7, 11) is 0. The van der Waals surface area contributed by atoms with E-state index in [2.05, 4.69) is 48.1 Å². The SMILES string of the molecule is C=C(C)C1CC[C@]2(C(=O)O)CC[C@]3(C)[C@H](CC[C@@H]4[C@@]5(C)CC[C@H](OC(=O)[C@@H]6C[C@H](C(=O)O)C6(C)C)C(C)(C)[C@@H]5CC[C@]43C)[C@@H]12. The number of hydrogen-bond donors (Lipinski definition) is 2. The van der Waals surface area contributed by atoms with Gasteiger partial charge in [-0.1, -0.05) is 60.6 Å². The zero-order chi connectivity index (χ0) is 32.4. The van der Waals surface area contributed by atoms with Crippen LogP contribution in [0.3, 0.4) is 0 Å². The maximum atomic E-state index is 13.5. The second-order valence-electron chi connectivity index (χ2n) is 18.4. The van der Waals surface area contributed by atoms with Crippen LogP contribution in [0.2, 0.25) is 0 Å². The van der Waals surface area contributed by atoms with Crippen molar-refractivity contribution in [2.24, 2.45) is 73.9 Å². The van der Waals surface area contributed by atoms with Crippen LogP contribution in [0.5, 0.6) is 0 Å². The van der Waals surface area contributed by atoms with Gasteiger partial charge < -0.3 is 14.9 Å². The number of aliphatic carboxylic acids is 2. The van der Waals surface area contributed by atoms with E-state index in [1.165, 1.54) is 5.57 Å². The fourth-order valence-corrected chi connectivity index (χ4v) is 13.7. The molecule has 6 aliphatic carbocycles. The van der Waals surface area contributed by atoms with Crippen molar-refractivity contribution in [2.45, 2.75) is 132 Å². The van der Waals surface area contributed by atoms with E-state index in [1.54, 1.807) is 0 Å². The van der Waals surface area contributed by atoms with Gasteiger partial charge in [-0.15, -0.1) is 0 Å². The zero-order valence-corrected chi connectivity index (χ0v) is 28.6. The molecule has 44 heavy (non-hydrogen) atoms. The Kier molecular flexibility index (Phi) is 7.17. The number of carbonyl (C=O) groups excluding carboxylic acids is 1. The van der Waals surface area contributed by atoms with Gasteiger partial charge in [-0.2, -0.15) is 0 Å². The van der Waals surface area contributed by atoms with Crippen LogP contribution in [0.25, 0.3) is 0 Å². The minimum atomic E-state index is -0.823. The lowest BCUT2D eigenvalue weighted by Crippen LogP contribution is -2.67. The lowest BCUT2D eigenvalue weighted by atomic mass is 9.32. The number of hydrogen-bond acceptors (Lipinski definition) is 4. The van der Waals surface area contributed by atoms with Gasteiger partial charge in [-0.25, -0.2) is 0 Å². The molecule has 0 aromatic heterocycles. The lowest BCUT2D eigenvalue weighted by molar-refractivity contribution is -0.252. The van der Waals surface area contributed by atoms with Crippen LogP contribution in [0.15, 0.2) is 12.2 Å². The number of allylic oxidation sites excluding steroid dienone is 1. The molecule has 0 radical (unpaired) electrons. The third kappa shape index (κ3) is 3.93. The molecule has 6 nitrogen and oxygen atoms in total. The van der Waals surface area contributed by atoms with Gasteiger partial charge in [0.05, 0.1) is 17.3 Å². The number of carboxylic acid groups (broad SMARTS) is 2. The topological polar surface area (TPSA) is 101 Å². The summed E-state index contributed by atoms with van der Waals surface area (Å²) in [6.07, 6.45) is 10.1. The highest BCUT2D eigenvalue weighted by atomic mass is 16.5. The van der Waals surface area contributed by atoms with Crippen LogP contribution >= 0.6 is 0 Å². The van der Waals surface area contributed by atoms with Crippen LogP contribution in [0, 0.1) is 73.9 Å². The van der Waals surface area contributed by atoms with Gasteiger partial charge in [-0.3, -0.25) is 14.4 Å². The van der Waals surface area contributed by atoms with Gasteiger partial charge >= 0.3 is 17.9 Å². The number of fused-ring (bicyclic) bond motifs is 7. The number of carbonyl (C=O) groups is 3. The van der Waals surface area contributed by atoms with Gasteiger partial charge in [0, 0.05) is 5.41 Å². The van der Waals surface area contributed by atoms with Crippen molar-refractivity contribution in [1.82, 2.24) is 0 Å². The molecule has 0 aromatic carbocycles. The van der Waals surface area contributed by atoms with E-state index < -0.39 is 28.7 Å². The summed E-state index contributed by atoms with van der Waals surface area (Å²) >= 11 is 0. The molecule has 1 unspecified atom stereocenters. The molecule has 0 amide bonds. The summed E-state index contributed by atoms with van der Waals surface area (Å²) in [6, 6.07) is 0. The van der Waals surface area contributed by atoms with Crippen molar-refractivity contribution in [2.75, 3.05) is 0 Å². The fourth-order valence-electron chi connectivity index (χ4n) is 13.7. The quantitative estimate of drug-likeness (QED) is 0.240. The van der Waals surface area contributed by atoms with E-state index in [-0.39, 0.29) is 45.6 Å². The van der Waals surface area contributed by atoms with Crippen molar-refractivity contribution in [3.8, 4) is 0 Å². The number of rotatable bonds is 5. The molecule has 0 heterocycles. The van der Waals surface area contributed by atoms with Gasteiger partial charge in [0.25, 0.3) is 0 Å². The second-order valence-corrected chi connectivity index (χ2v) is 18.4. The van der Waals surface area contributed by atoms with Crippen molar-refractivity contribution in [3.63, 3.8) is 0 Å². The highest BCUT2D eigenvalue weighted by Gasteiger charge is 2.72. The summed E-state index contributed by atoms with van der Waals surface area (Å²) in [6.45, 7) is 22.5. The predicted octanol–water partition coefficient (Wildman–Crippen LogP) is 8.39. The van der Waals surface area contributed by atoms with E-state index in [0.29, 0.717) is 30.1 Å². The third-order valence-corrected chi connectivity index (χ3v) is 16.5. The van der Waals surface area contributed by atoms with Crippen LogP contribution in [-0.2, 0) is 19.1 Å². The molecular weight excluding hydrogens is 552 g/mol. The monoisotopic (exact) mass is 610 g/mol. The Balaban J connectivity index is 1.25. The van der Waals surface area contributed by atoms with E-state index in [4.69, 9.17) is 4.74 Å². The van der Waals surface area contributed by atoms with Crippen LogP contribution in [-0.4, -0.2) is 34.2 Å². The van der Waals surface area contributed by atoms with E-state index >= 15 is 0 Å². The molecule has 2 N–H and O–H groups in total. The Bertz CT molecular complexity index is 1270. The number of esters is 1. The van der Waals surface area contributed by atoms with E-state index in [1.807, 2.05) is 13.8 Å². The first-order valence-electron chi connectivity index (χ1n) is 17.6. The molecule has 0 spiro atoms. The molecule has 0 saturated heterocycles. The van der Waals surface area contributed by atoms with Gasteiger partial charge in [-0.05, 0) is 129 Å². The molecule has 6 saturated carbocycles. The number of ether oxygens (including phenoxy) is 1. The molecule has 0 bridgehead atoms. The van der Waals surface area contributed by atoms with Crippen molar-refractivity contribution in [3.05, 3.63) is 12.2 Å². The van der Waals surface area contributed by atoms with Gasteiger partial charge in [0.15, 0.2) is 0 Å². The number of carboxylic acids is 2. The fraction of sp³-hybridized carbons (Fsp3) is 0.868. The minimum absolute atomic E-state index is 0.0928. The average molecular weight is 611 g/mol. The summed E-state index contributed by atoms with van der Waals surface area (Å²) < 4.78 is 6.35. The maximum Gasteiger partial charge on any atom is 0.309 e. The van der Waals surface area contributed by atoms with Crippen molar-refractivity contribution >= 4 is 17.9 Å². The molecule has 6 aliphatic rings. The van der Waals surface area contributed by atoms with Gasteiger partial charge in [0.1, 0.15) is 6.10 Å². The summed E-state index contributed by atoms with van der Waals surface area (Å²) in [5, 5.41) is 20.2. The zero-order valence-electron chi connectivity index (χ0n) is 28.6. The first-order chi connectivity index (χ1) is 20.3. The Hall–Kier alpha value is -1.85. The normalized spacial score (nSPS) is 50.1. The molecule has 6 rings (SSSR count). The van der Waals surface area contributed by atoms with Crippen LogP contribution in [0.4, 0.5) is 0 Å². The first-order valence-corrected chi connectivity index (χ1v) is 17.6. The Morgan fingerprint density at radius 1 is 0.727 bits per heavy atom. The van der Waals surface area contributed by atoms with E-state index in [9.17, 15) is 24.6 Å². The molecule has 0 aromatic rings. The second kappa shape index (κ2) is 9.83. The molecule has 6 heteroatoms. The van der Waals surface area contributed by atoms with Crippen molar-refractivity contribution < 1.29 is 29.3 Å². The third-order valence-electron chi connectivity index (χ3n) is 16.5. The Labute approximate surface area is 265 Å². The van der Waals surface area contributed by atoms with Gasteiger partial charge in [0.2, 0.25) is 0 Å². The summed E-state index contributed by atoms with van der Waals surface area (Å²) in [5.74, 6) is -0.593. The molecule has 6 fully saturated rings. The van der Waals surface area contributed by atoms with Crippen molar-refractivity contribution in [1.29, 1.82) is 0 Å². The maximum absolute atomic E-state index is 13.5. The molecule has 246 valence electrons. The predicted molar refractivity (Wildman–Crippen MR) is 169 cm³/mol. The largest absolute Gasteiger partial charge is 0.481 e. The standard InChI is InChI=1S/C38H58O6/c1-21(2)22-12-17-38(32(42)43)19-18-36(8)23(29(22)38)10-11-27-35(7)15-14-28(34(5,6)26(35)13-16-37(27,36)9)44-31(41)25-20-24(30(39)40)33(25,3)4/h22-29H,1,10-20H2,2-9H3,(H,39,40)(H,42,43)/t22?,23-,24-,25+,26+,27-,28+,29-,35+,36-,37-,38+/m1/s1. The van der Waals surface area contributed by atoms with E-state index in [0.717, 1.165) is 64.2 Å². The molecule has 0 aliphatic heterocycles. The van der Waals surface area contributed by atoms with Crippen LogP contribution < -0.4 is 0 Å². The average Bonchev–Trinajstić information content (AvgIpc) is 3.31. The first kappa shape index (κ1) is 32.1. The molecular formula is C38H58O6. The highest BCUT2D eigenvalue weighted by molar-refractivity contribution is 5.81.